The highest BCUT2D eigenvalue weighted by atomic mass is 35.5. The van der Waals surface area contributed by atoms with Gasteiger partial charge in [0.15, 0.2) is 5.75 Å². The Morgan fingerprint density at radius 1 is 1.14 bits per heavy atom. The summed E-state index contributed by atoms with van der Waals surface area (Å²) >= 11 is 12.1. The summed E-state index contributed by atoms with van der Waals surface area (Å²) in [6, 6.07) is 7.25. The molecule has 0 radical (unpaired) electrons. The van der Waals surface area contributed by atoms with Crippen molar-refractivity contribution in [3.05, 3.63) is 45.9 Å². The van der Waals surface area contributed by atoms with Crippen molar-refractivity contribution < 1.29 is 14.2 Å². The fraction of sp³-hybridized carbons (Fsp3) is 0.200. The highest BCUT2D eigenvalue weighted by Crippen LogP contribution is 2.40. The quantitative estimate of drug-likeness (QED) is 0.753. The number of benzene rings is 2. The van der Waals surface area contributed by atoms with Crippen LogP contribution in [-0.4, -0.2) is 5.11 Å². The Labute approximate surface area is 132 Å². The van der Waals surface area contributed by atoms with Crippen molar-refractivity contribution in [2.24, 2.45) is 0 Å². The van der Waals surface area contributed by atoms with Gasteiger partial charge in [0.05, 0.1) is 10.0 Å². The first kappa shape index (κ1) is 15.7. The average molecular weight is 330 g/mol. The number of alkyl halides is 1. The topological polar surface area (TPSA) is 55.5 Å². The molecular formula is C15H14Cl2FNO2. The van der Waals surface area contributed by atoms with E-state index in [0.29, 0.717) is 11.4 Å². The Morgan fingerprint density at radius 2 is 1.71 bits per heavy atom. The van der Waals surface area contributed by atoms with Gasteiger partial charge in [0.1, 0.15) is 17.2 Å². The van der Waals surface area contributed by atoms with E-state index in [9.17, 15) is 9.50 Å². The number of hydrogen-bond donors (Lipinski definition) is 2. The van der Waals surface area contributed by atoms with Crippen LogP contribution >= 0.6 is 23.2 Å². The maximum Gasteiger partial charge on any atom is 0.164 e. The number of rotatable bonds is 3. The van der Waals surface area contributed by atoms with Crippen LogP contribution in [0.3, 0.4) is 0 Å². The molecule has 0 heterocycles. The second-order valence-corrected chi connectivity index (χ2v) is 5.88. The number of phenolic OH excluding ortho intramolecular Hbond substituents is 1. The van der Waals surface area contributed by atoms with Crippen LogP contribution in [0.25, 0.3) is 0 Å². The summed E-state index contributed by atoms with van der Waals surface area (Å²) in [5.41, 5.74) is 4.43. The van der Waals surface area contributed by atoms with Crippen molar-refractivity contribution in [2.75, 3.05) is 5.73 Å². The first-order chi connectivity index (χ1) is 9.68. The third-order valence-electron chi connectivity index (χ3n) is 2.85. The Morgan fingerprint density at radius 3 is 2.24 bits per heavy atom. The van der Waals surface area contributed by atoms with E-state index in [1.807, 2.05) is 0 Å². The highest BCUT2D eigenvalue weighted by molar-refractivity contribution is 6.37. The normalized spacial score (nSPS) is 11.5. The standard InChI is InChI=1S/C15H14Cl2FNO2/c1-15(2,18)10-7-9(3-4-13(10)20)21-14-11(16)5-8(19)6-12(14)17/h3-7,20H,19H2,1-2H3. The van der Waals surface area contributed by atoms with E-state index in [0.717, 1.165) is 0 Å². The predicted molar refractivity (Wildman–Crippen MR) is 83.2 cm³/mol. The second kappa shape index (κ2) is 5.62. The van der Waals surface area contributed by atoms with Crippen molar-refractivity contribution in [3.63, 3.8) is 0 Å². The fourth-order valence-electron chi connectivity index (χ4n) is 1.85. The molecule has 3 N–H and O–H groups in total. The molecule has 0 bridgehead atoms. The minimum atomic E-state index is -1.71. The molecule has 0 saturated heterocycles. The molecule has 6 heteroatoms. The minimum absolute atomic E-state index is 0.114. The zero-order chi connectivity index (χ0) is 15.8. The van der Waals surface area contributed by atoms with Gasteiger partial charge in [-0.25, -0.2) is 4.39 Å². The molecule has 0 saturated carbocycles. The predicted octanol–water partition coefficient (Wildman–Crippen LogP) is 5.28. The number of ether oxygens (including phenoxy) is 1. The van der Waals surface area contributed by atoms with Gasteiger partial charge >= 0.3 is 0 Å². The number of hydrogen-bond acceptors (Lipinski definition) is 3. The van der Waals surface area contributed by atoms with Crippen molar-refractivity contribution >= 4 is 28.9 Å². The van der Waals surface area contributed by atoms with E-state index >= 15 is 0 Å². The van der Waals surface area contributed by atoms with Crippen molar-refractivity contribution in [3.8, 4) is 17.2 Å². The molecule has 0 unspecified atom stereocenters. The van der Waals surface area contributed by atoms with Gasteiger partial charge < -0.3 is 15.6 Å². The summed E-state index contributed by atoms with van der Waals surface area (Å²) in [7, 11) is 0. The van der Waals surface area contributed by atoms with Gasteiger partial charge in [0, 0.05) is 11.3 Å². The van der Waals surface area contributed by atoms with Crippen LogP contribution in [0, 0.1) is 0 Å². The SMILES string of the molecule is CC(C)(F)c1cc(Oc2c(Cl)cc(N)cc2Cl)ccc1O. The van der Waals surface area contributed by atoms with E-state index in [1.165, 1.54) is 44.2 Å². The molecule has 0 aliphatic carbocycles. The highest BCUT2D eigenvalue weighted by Gasteiger charge is 2.23. The number of anilines is 1. The van der Waals surface area contributed by atoms with Crippen LogP contribution < -0.4 is 10.5 Å². The largest absolute Gasteiger partial charge is 0.508 e. The van der Waals surface area contributed by atoms with Gasteiger partial charge in [-0.3, -0.25) is 0 Å². The smallest absolute Gasteiger partial charge is 0.164 e. The number of aromatic hydroxyl groups is 1. The molecule has 0 aliphatic heterocycles. The number of phenols is 1. The summed E-state index contributed by atoms with van der Waals surface area (Å²) in [6.45, 7) is 2.68. The molecule has 2 aromatic rings. The number of halogens is 3. The van der Waals surface area contributed by atoms with Gasteiger partial charge in [-0.1, -0.05) is 23.2 Å². The Balaban J connectivity index is 2.42. The lowest BCUT2D eigenvalue weighted by Gasteiger charge is -2.18. The van der Waals surface area contributed by atoms with E-state index < -0.39 is 5.67 Å². The lowest BCUT2D eigenvalue weighted by atomic mass is 9.99. The van der Waals surface area contributed by atoms with Gasteiger partial charge in [-0.2, -0.15) is 0 Å². The van der Waals surface area contributed by atoms with Crippen LogP contribution in [0.4, 0.5) is 10.1 Å². The monoisotopic (exact) mass is 329 g/mol. The molecule has 2 rings (SSSR count). The lowest BCUT2D eigenvalue weighted by molar-refractivity contribution is 0.214. The summed E-state index contributed by atoms with van der Waals surface area (Å²) in [4.78, 5) is 0. The second-order valence-electron chi connectivity index (χ2n) is 5.07. The molecule has 3 nitrogen and oxygen atoms in total. The Hall–Kier alpha value is -1.65. The summed E-state index contributed by atoms with van der Waals surface area (Å²) in [5, 5.41) is 10.2. The zero-order valence-corrected chi connectivity index (χ0v) is 13.0. The molecule has 0 atom stereocenters. The fourth-order valence-corrected chi connectivity index (χ4v) is 2.43. The maximum atomic E-state index is 14.0. The number of nitrogens with two attached hydrogens (primary N) is 1. The first-order valence-electron chi connectivity index (χ1n) is 6.13. The van der Waals surface area contributed by atoms with Crippen molar-refractivity contribution in [1.29, 1.82) is 0 Å². The van der Waals surface area contributed by atoms with Crippen molar-refractivity contribution in [2.45, 2.75) is 19.5 Å². The van der Waals surface area contributed by atoms with Gasteiger partial charge in [-0.05, 0) is 44.2 Å². The lowest BCUT2D eigenvalue weighted by Crippen LogP contribution is -2.09. The molecule has 0 aromatic heterocycles. The summed E-state index contributed by atoms with van der Waals surface area (Å²) < 4.78 is 19.6. The van der Waals surface area contributed by atoms with Gasteiger partial charge in [0.25, 0.3) is 0 Å². The third kappa shape index (κ3) is 3.52. The zero-order valence-electron chi connectivity index (χ0n) is 11.5. The molecule has 0 fully saturated rings. The van der Waals surface area contributed by atoms with E-state index in [1.54, 1.807) is 0 Å². The van der Waals surface area contributed by atoms with E-state index in [-0.39, 0.29) is 27.1 Å². The molecule has 0 aliphatic rings. The molecule has 2 aromatic carbocycles. The van der Waals surface area contributed by atoms with Crippen LogP contribution in [0.5, 0.6) is 17.2 Å². The van der Waals surface area contributed by atoms with Crippen LogP contribution in [0.1, 0.15) is 19.4 Å². The molecule has 112 valence electrons. The molecule has 21 heavy (non-hydrogen) atoms. The van der Waals surface area contributed by atoms with Crippen molar-refractivity contribution in [1.82, 2.24) is 0 Å². The molecule has 0 amide bonds. The average Bonchev–Trinajstić information content (AvgIpc) is 2.34. The number of nitrogen functional groups attached to an aromatic ring is 1. The third-order valence-corrected chi connectivity index (χ3v) is 3.41. The Kier molecular flexibility index (Phi) is 4.21. The first-order valence-corrected chi connectivity index (χ1v) is 6.89. The summed E-state index contributed by atoms with van der Waals surface area (Å²) in [6.07, 6.45) is 0. The van der Waals surface area contributed by atoms with E-state index in [4.69, 9.17) is 33.7 Å². The van der Waals surface area contributed by atoms with Gasteiger partial charge in [0.2, 0.25) is 0 Å². The molecular weight excluding hydrogens is 316 g/mol. The molecule has 0 spiro atoms. The van der Waals surface area contributed by atoms with Crippen LogP contribution in [0.15, 0.2) is 30.3 Å². The van der Waals surface area contributed by atoms with Crippen LogP contribution in [-0.2, 0) is 5.67 Å². The Bertz CT molecular complexity index is 661. The maximum absolute atomic E-state index is 14.0. The van der Waals surface area contributed by atoms with Gasteiger partial charge in [-0.15, -0.1) is 0 Å². The summed E-state index contributed by atoms with van der Waals surface area (Å²) in [5.74, 6) is 0.382. The van der Waals surface area contributed by atoms with Crippen LogP contribution in [0.2, 0.25) is 10.0 Å². The minimum Gasteiger partial charge on any atom is -0.508 e. The van der Waals surface area contributed by atoms with E-state index in [2.05, 4.69) is 0 Å².